The average molecular weight is 308 g/mol. The van der Waals surface area contributed by atoms with Crippen molar-refractivity contribution in [1.29, 1.82) is 0 Å². The highest BCUT2D eigenvalue weighted by molar-refractivity contribution is 5.64. The highest BCUT2D eigenvalue weighted by Gasteiger charge is 2.64. The van der Waals surface area contributed by atoms with E-state index >= 15 is 0 Å². The molecule has 1 aromatic carbocycles. The van der Waals surface area contributed by atoms with Crippen LogP contribution in [0.1, 0.15) is 30.3 Å². The van der Waals surface area contributed by atoms with Crippen molar-refractivity contribution in [3.05, 3.63) is 23.3 Å². The fourth-order valence-corrected chi connectivity index (χ4v) is 3.69. The van der Waals surface area contributed by atoms with Crippen LogP contribution in [0.25, 0.3) is 0 Å². The van der Waals surface area contributed by atoms with E-state index in [4.69, 9.17) is 14.3 Å². The highest BCUT2D eigenvalue weighted by Crippen LogP contribution is 2.53. The predicted molar refractivity (Wildman–Crippen MR) is 77.4 cm³/mol. The van der Waals surface area contributed by atoms with Crippen LogP contribution in [0, 0.1) is 0 Å². The molecule has 7 heteroatoms. The number of anilines is 1. The second kappa shape index (κ2) is 4.56. The van der Waals surface area contributed by atoms with Crippen LogP contribution in [-0.2, 0) is 14.3 Å². The van der Waals surface area contributed by atoms with Crippen molar-refractivity contribution in [2.45, 2.75) is 37.0 Å². The van der Waals surface area contributed by atoms with Crippen LogP contribution < -0.4 is 10.4 Å². The Morgan fingerprint density at radius 2 is 2.14 bits per heavy atom. The molecule has 2 fully saturated rings. The Morgan fingerprint density at radius 3 is 2.82 bits per heavy atom. The molecule has 0 spiro atoms. The number of benzene rings is 1. The summed E-state index contributed by atoms with van der Waals surface area (Å²) in [6, 6.07) is 3.62. The first-order valence-electron chi connectivity index (χ1n) is 7.37. The van der Waals surface area contributed by atoms with E-state index in [-0.39, 0.29) is 23.8 Å². The molecule has 4 rings (SSSR count). The van der Waals surface area contributed by atoms with E-state index in [2.05, 4.69) is 5.32 Å². The van der Waals surface area contributed by atoms with E-state index in [1.54, 1.807) is 25.3 Å². The van der Waals surface area contributed by atoms with Crippen molar-refractivity contribution in [2.24, 2.45) is 0 Å². The zero-order valence-electron chi connectivity index (χ0n) is 12.7. The summed E-state index contributed by atoms with van der Waals surface area (Å²) < 4.78 is 10.5. The number of nitrogens with one attached hydrogen (secondary N) is 1. The van der Waals surface area contributed by atoms with Gasteiger partial charge in [-0.2, -0.15) is 0 Å². The Labute approximate surface area is 128 Å². The van der Waals surface area contributed by atoms with Gasteiger partial charge < -0.3 is 25.0 Å². The van der Waals surface area contributed by atoms with E-state index in [0.29, 0.717) is 17.7 Å². The number of fused-ring (bicyclic) bond motifs is 6. The number of nitrogens with zero attached hydrogens (tertiary/aromatic N) is 1. The summed E-state index contributed by atoms with van der Waals surface area (Å²) in [7, 11) is 3.09. The molecule has 0 aromatic heterocycles. The Kier molecular flexibility index (Phi) is 2.95. The molecule has 2 bridgehead atoms. The molecule has 2 saturated heterocycles. The lowest BCUT2D eigenvalue weighted by molar-refractivity contribution is -0.240. The first-order valence-corrected chi connectivity index (χ1v) is 7.37. The number of ether oxygens (including phenoxy) is 2. The maximum atomic E-state index is 10.8. The van der Waals surface area contributed by atoms with Crippen LogP contribution in [0.4, 0.5) is 5.69 Å². The fourth-order valence-electron chi connectivity index (χ4n) is 3.69. The molecule has 0 aliphatic carbocycles. The highest BCUT2D eigenvalue weighted by atomic mass is 16.8. The summed E-state index contributed by atoms with van der Waals surface area (Å²) in [4.78, 5) is 5.79. The smallest absolute Gasteiger partial charge is 0.215 e. The van der Waals surface area contributed by atoms with Gasteiger partial charge in [0.15, 0.2) is 6.29 Å². The van der Waals surface area contributed by atoms with Crippen LogP contribution in [0.5, 0.6) is 5.75 Å². The van der Waals surface area contributed by atoms with Gasteiger partial charge in [-0.15, -0.1) is 0 Å². The van der Waals surface area contributed by atoms with Crippen molar-refractivity contribution in [2.75, 3.05) is 25.8 Å². The summed E-state index contributed by atoms with van der Waals surface area (Å²) in [6.45, 7) is 2.49. The molecular weight excluding hydrogens is 288 g/mol. The van der Waals surface area contributed by atoms with Gasteiger partial charge in [0, 0.05) is 37.3 Å². The van der Waals surface area contributed by atoms with E-state index in [1.165, 1.54) is 0 Å². The first kappa shape index (κ1) is 14.2. The van der Waals surface area contributed by atoms with Gasteiger partial charge in [-0.3, -0.25) is 0 Å². The van der Waals surface area contributed by atoms with Crippen LogP contribution in [0.15, 0.2) is 12.1 Å². The molecule has 0 radical (unpaired) electrons. The number of rotatable bonds is 3. The molecule has 120 valence electrons. The monoisotopic (exact) mass is 308 g/mol. The summed E-state index contributed by atoms with van der Waals surface area (Å²) >= 11 is 0. The first-order chi connectivity index (χ1) is 10.5. The second-order valence-electron chi connectivity index (χ2n) is 6.15. The number of methoxy groups -OCH3 is 2. The number of hydroxylamine groups is 1. The number of hydrogen-bond donors (Lipinski definition) is 3. The van der Waals surface area contributed by atoms with Crippen LogP contribution in [-0.4, -0.2) is 48.8 Å². The summed E-state index contributed by atoms with van der Waals surface area (Å²) in [5, 5.41) is 26.2. The van der Waals surface area contributed by atoms with Gasteiger partial charge in [-0.05, 0) is 12.1 Å². The maximum absolute atomic E-state index is 10.8. The van der Waals surface area contributed by atoms with Gasteiger partial charge in [0.1, 0.15) is 5.75 Å². The molecule has 7 nitrogen and oxygen atoms in total. The van der Waals surface area contributed by atoms with Gasteiger partial charge in [0.2, 0.25) is 5.79 Å². The third-order valence-electron chi connectivity index (χ3n) is 4.93. The van der Waals surface area contributed by atoms with Gasteiger partial charge in [-0.1, -0.05) is 6.92 Å². The van der Waals surface area contributed by atoms with Crippen LogP contribution in [0.3, 0.4) is 0 Å². The van der Waals surface area contributed by atoms with Crippen molar-refractivity contribution < 1.29 is 24.5 Å². The van der Waals surface area contributed by atoms with E-state index < -0.39 is 12.1 Å². The Bertz CT molecular complexity index is 620. The maximum Gasteiger partial charge on any atom is 0.215 e. The SMILES string of the molecule is COC(OC)c1cc(O)c2c(c1)N1CC3NC3C(O)(O1)C2C. The second-order valence-corrected chi connectivity index (χ2v) is 6.15. The largest absolute Gasteiger partial charge is 0.508 e. The molecule has 3 aliphatic heterocycles. The van der Waals surface area contributed by atoms with Gasteiger partial charge >= 0.3 is 0 Å². The van der Waals surface area contributed by atoms with Crippen molar-refractivity contribution in [3.8, 4) is 5.75 Å². The number of hydrogen-bond acceptors (Lipinski definition) is 7. The quantitative estimate of drug-likeness (QED) is 0.555. The predicted octanol–water partition coefficient (Wildman–Crippen LogP) is 0.581. The summed E-state index contributed by atoms with van der Waals surface area (Å²) in [6.07, 6.45) is -0.566. The number of aromatic hydroxyl groups is 1. The Morgan fingerprint density at radius 1 is 1.41 bits per heavy atom. The lowest BCUT2D eigenvalue weighted by atomic mass is 9.83. The zero-order chi connectivity index (χ0) is 15.6. The van der Waals surface area contributed by atoms with Gasteiger partial charge in [0.25, 0.3) is 0 Å². The molecule has 1 aromatic rings. The molecule has 22 heavy (non-hydrogen) atoms. The third-order valence-corrected chi connectivity index (χ3v) is 4.93. The minimum Gasteiger partial charge on any atom is -0.508 e. The average Bonchev–Trinajstić information content (AvgIpc) is 3.26. The Balaban J connectivity index is 1.84. The Hall–Kier alpha value is -1.38. The number of aliphatic hydroxyl groups is 1. The number of phenolic OH excluding ortho intramolecular Hbond substituents is 1. The minimum atomic E-state index is -1.32. The minimum absolute atomic E-state index is 0.0864. The van der Waals surface area contributed by atoms with E-state index in [1.807, 2.05) is 13.0 Å². The zero-order valence-corrected chi connectivity index (χ0v) is 12.7. The summed E-state index contributed by atoms with van der Waals surface area (Å²) in [5.74, 6) is -1.55. The fraction of sp³-hybridized carbons (Fsp3) is 0.600. The lowest BCUT2D eigenvalue weighted by Gasteiger charge is -2.47. The lowest BCUT2D eigenvalue weighted by Crippen LogP contribution is -2.57. The van der Waals surface area contributed by atoms with Crippen LogP contribution >= 0.6 is 0 Å². The van der Waals surface area contributed by atoms with Gasteiger partial charge in [-0.25, -0.2) is 9.90 Å². The standard InChI is InChI=1S/C15H20N2O5/c1-7-12-10(4-8(5-11(12)18)14(20-2)21-3)17-6-9-13(16-9)15(7,19)22-17/h4-5,7,9,13-14,16,18-19H,6H2,1-3H3. The normalized spacial score (nSPS) is 35.3. The van der Waals surface area contributed by atoms with Crippen LogP contribution in [0.2, 0.25) is 0 Å². The van der Waals surface area contributed by atoms with Gasteiger partial charge in [0.05, 0.1) is 18.3 Å². The molecule has 0 amide bonds. The molecule has 4 atom stereocenters. The summed E-state index contributed by atoms with van der Waals surface area (Å²) in [5.41, 5.74) is 2.14. The van der Waals surface area contributed by atoms with E-state index in [9.17, 15) is 10.2 Å². The molecular formula is C15H20N2O5. The third kappa shape index (κ3) is 1.74. The van der Waals surface area contributed by atoms with E-state index in [0.717, 1.165) is 5.69 Å². The van der Waals surface area contributed by atoms with Crippen molar-refractivity contribution in [3.63, 3.8) is 0 Å². The molecule has 0 saturated carbocycles. The van der Waals surface area contributed by atoms with Crippen molar-refractivity contribution >= 4 is 5.69 Å². The molecule has 3 heterocycles. The number of phenols is 1. The molecule has 3 N–H and O–H groups in total. The molecule has 4 unspecified atom stereocenters. The molecule has 3 aliphatic rings. The topological polar surface area (TPSA) is 93.3 Å². The van der Waals surface area contributed by atoms with Crippen molar-refractivity contribution in [1.82, 2.24) is 5.32 Å².